The van der Waals surface area contributed by atoms with Gasteiger partial charge in [0, 0.05) is 6.04 Å². The highest BCUT2D eigenvalue weighted by Gasteiger charge is 2.29. The Morgan fingerprint density at radius 2 is 2.05 bits per heavy atom. The summed E-state index contributed by atoms with van der Waals surface area (Å²) in [6.07, 6.45) is 9.00. The highest BCUT2D eigenvalue weighted by atomic mass is 16.3. The number of nitrogens with one attached hydrogen (secondary N) is 1. The number of phenolic OH excluding ortho intramolecular Hbond substituents is 1. The summed E-state index contributed by atoms with van der Waals surface area (Å²) in [4.78, 5) is 0. The Hall–Kier alpha value is -1.02. The largest absolute Gasteiger partial charge is 0.508 e. The number of benzene rings is 1. The third kappa shape index (κ3) is 5.03. The zero-order valence-electron chi connectivity index (χ0n) is 13.6. The molecule has 1 aliphatic carbocycles. The van der Waals surface area contributed by atoms with Crippen LogP contribution in [0.15, 0.2) is 24.3 Å². The van der Waals surface area contributed by atoms with Crippen molar-refractivity contribution in [2.45, 2.75) is 64.8 Å². The van der Waals surface area contributed by atoms with Crippen LogP contribution < -0.4 is 5.32 Å². The van der Waals surface area contributed by atoms with E-state index in [4.69, 9.17) is 0 Å². The molecule has 1 saturated carbocycles. The first kappa shape index (κ1) is 16.4. The van der Waals surface area contributed by atoms with Gasteiger partial charge in [-0.25, -0.2) is 0 Å². The average molecular weight is 289 g/mol. The van der Waals surface area contributed by atoms with E-state index in [0.29, 0.717) is 17.7 Å². The van der Waals surface area contributed by atoms with Crippen LogP contribution in [-0.2, 0) is 6.42 Å². The van der Waals surface area contributed by atoms with Gasteiger partial charge in [-0.3, -0.25) is 0 Å². The van der Waals surface area contributed by atoms with E-state index in [-0.39, 0.29) is 0 Å². The molecular formula is C19H31NO. The van der Waals surface area contributed by atoms with E-state index in [9.17, 15) is 5.11 Å². The summed E-state index contributed by atoms with van der Waals surface area (Å²) in [7, 11) is 0. The van der Waals surface area contributed by atoms with Crippen molar-refractivity contribution in [3.05, 3.63) is 29.8 Å². The van der Waals surface area contributed by atoms with E-state index in [1.807, 2.05) is 12.1 Å². The van der Waals surface area contributed by atoms with Gasteiger partial charge in [-0.15, -0.1) is 0 Å². The number of hydrogen-bond donors (Lipinski definition) is 2. The molecule has 0 aromatic heterocycles. The van der Waals surface area contributed by atoms with Crippen molar-refractivity contribution in [2.75, 3.05) is 6.54 Å². The maximum atomic E-state index is 9.67. The topological polar surface area (TPSA) is 32.3 Å². The zero-order chi connectivity index (χ0) is 15.1. The fourth-order valence-electron chi connectivity index (χ4n) is 3.84. The second-order valence-corrected chi connectivity index (χ2v) is 6.66. The Morgan fingerprint density at radius 3 is 2.76 bits per heavy atom. The van der Waals surface area contributed by atoms with Crippen molar-refractivity contribution in [1.29, 1.82) is 0 Å². The third-order valence-electron chi connectivity index (χ3n) is 4.85. The molecule has 0 amide bonds. The Kier molecular flexibility index (Phi) is 6.56. The number of phenols is 1. The molecule has 0 radical (unpaired) electrons. The minimum Gasteiger partial charge on any atom is -0.508 e. The quantitative estimate of drug-likeness (QED) is 0.773. The Balaban J connectivity index is 2.01. The summed E-state index contributed by atoms with van der Waals surface area (Å²) in [5, 5.41) is 13.4. The summed E-state index contributed by atoms with van der Waals surface area (Å²) in [5.41, 5.74) is 1.28. The van der Waals surface area contributed by atoms with Crippen LogP contribution in [0.25, 0.3) is 0 Å². The minimum atomic E-state index is 0.395. The second kappa shape index (κ2) is 8.43. The lowest BCUT2D eigenvalue weighted by molar-refractivity contribution is 0.194. The molecule has 2 heteroatoms. The summed E-state index contributed by atoms with van der Waals surface area (Å²) in [5.74, 6) is 2.01. The van der Waals surface area contributed by atoms with E-state index in [1.54, 1.807) is 6.07 Å². The predicted octanol–water partition coefficient (Wildman–Crippen LogP) is 4.52. The van der Waals surface area contributed by atoms with Gasteiger partial charge < -0.3 is 10.4 Å². The van der Waals surface area contributed by atoms with Gasteiger partial charge in [0.25, 0.3) is 0 Å². The molecule has 0 aliphatic heterocycles. The Bertz CT molecular complexity index is 418. The molecule has 2 rings (SSSR count). The van der Waals surface area contributed by atoms with Crippen LogP contribution in [0.2, 0.25) is 0 Å². The van der Waals surface area contributed by atoms with Crippen molar-refractivity contribution >= 4 is 0 Å². The molecule has 1 aliphatic rings. The van der Waals surface area contributed by atoms with Crippen LogP contribution in [0.5, 0.6) is 5.75 Å². The summed E-state index contributed by atoms with van der Waals surface area (Å²) >= 11 is 0. The molecule has 0 bridgehead atoms. The first-order valence-electron chi connectivity index (χ1n) is 8.74. The number of rotatable bonds is 7. The lowest BCUT2D eigenvalue weighted by Gasteiger charge is -2.37. The van der Waals surface area contributed by atoms with E-state index >= 15 is 0 Å². The first-order chi connectivity index (χ1) is 10.2. The highest BCUT2D eigenvalue weighted by molar-refractivity contribution is 5.27. The van der Waals surface area contributed by atoms with Gasteiger partial charge in [0.05, 0.1) is 0 Å². The molecule has 3 atom stereocenters. The van der Waals surface area contributed by atoms with E-state index in [2.05, 4.69) is 25.2 Å². The zero-order valence-corrected chi connectivity index (χ0v) is 13.6. The van der Waals surface area contributed by atoms with Gasteiger partial charge in [0.2, 0.25) is 0 Å². The van der Waals surface area contributed by atoms with Crippen LogP contribution in [0.3, 0.4) is 0 Å². The van der Waals surface area contributed by atoms with Crippen LogP contribution in [0.4, 0.5) is 0 Å². The standard InChI is InChI=1S/C19H31NO/c1-3-6-15-9-10-19(20-11-4-2)17(12-15)13-16-7-5-8-18(21)14-16/h5,7-8,14-15,17,19-21H,3-4,6,9-13H2,1-2H3. The highest BCUT2D eigenvalue weighted by Crippen LogP contribution is 2.34. The second-order valence-electron chi connectivity index (χ2n) is 6.66. The molecule has 3 unspecified atom stereocenters. The molecule has 0 heterocycles. The Morgan fingerprint density at radius 1 is 1.19 bits per heavy atom. The maximum absolute atomic E-state index is 9.67. The van der Waals surface area contributed by atoms with E-state index in [1.165, 1.54) is 44.1 Å². The van der Waals surface area contributed by atoms with Gasteiger partial charge in [0.15, 0.2) is 0 Å². The van der Waals surface area contributed by atoms with E-state index < -0.39 is 0 Å². The molecule has 21 heavy (non-hydrogen) atoms. The average Bonchev–Trinajstić information content (AvgIpc) is 2.47. The SMILES string of the molecule is CCCNC1CCC(CCC)CC1Cc1cccc(O)c1. The van der Waals surface area contributed by atoms with Gasteiger partial charge in [-0.2, -0.15) is 0 Å². The van der Waals surface area contributed by atoms with Crippen LogP contribution in [0, 0.1) is 11.8 Å². The molecule has 0 saturated heterocycles. The molecule has 1 aromatic rings. The smallest absolute Gasteiger partial charge is 0.115 e. The molecule has 1 fully saturated rings. The summed E-state index contributed by atoms with van der Waals surface area (Å²) < 4.78 is 0. The Labute approximate surface area is 130 Å². The van der Waals surface area contributed by atoms with Crippen molar-refractivity contribution in [2.24, 2.45) is 11.8 Å². The van der Waals surface area contributed by atoms with E-state index in [0.717, 1.165) is 18.9 Å². The molecule has 118 valence electrons. The molecule has 1 aromatic carbocycles. The summed E-state index contributed by atoms with van der Waals surface area (Å²) in [6.45, 7) is 5.66. The number of aromatic hydroxyl groups is 1. The van der Waals surface area contributed by atoms with Crippen molar-refractivity contribution < 1.29 is 5.11 Å². The van der Waals surface area contributed by atoms with Gasteiger partial charge >= 0.3 is 0 Å². The van der Waals surface area contributed by atoms with Gasteiger partial charge in [-0.05, 0) is 68.2 Å². The first-order valence-corrected chi connectivity index (χ1v) is 8.74. The van der Waals surface area contributed by atoms with Gasteiger partial charge in [-0.1, -0.05) is 38.8 Å². The van der Waals surface area contributed by atoms with Crippen LogP contribution in [0.1, 0.15) is 57.9 Å². The third-order valence-corrected chi connectivity index (χ3v) is 4.85. The number of hydrogen-bond acceptors (Lipinski definition) is 2. The lowest BCUT2D eigenvalue weighted by atomic mass is 9.74. The monoisotopic (exact) mass is 289 g/mol. The fourth-order valence-corrected chi connectivity index (χ4v) is 3.84. The maximum Gasteiger partial charge on any atom is 0.115 e. The predicted molar refractivity (Wildman–Crippen MR) is 89.6 cm³/mol. The van der Waals surface area contributed by atoms with Crippen molar-refractivity contribution in [1.82, 2.24) is 5.32 Å². The molecule has 2 nitrogen and oxygen atoms in total. The molecule has 2 N–H and O–H groups in total. The minimum absolute atomic E-state index is 0.395. The summed E-state index contributed by atoms with van der Waals surface area (Å²) in [6, 6.07) is 8.46. The lowest BCUT2D eigenvalue weighted by Crippen LogP contribution is -2.42. The molecule has 0 spiro atoms. The van der Waals surface area contributed by atoms with Gasteiger partial charge in [0.1, 0.15) is 5.75 Å². The fraction of sp³-hybridized carbons (Fsp3) is 0.684. The van der Waals surface area contributed by atoms with Crippen molar-refractivity contribution in [3.63, 3.8) is 0 Å². The van der Waals surface area contributed by atoms with Crippen LogP contribution >= 0.6 is 0 Å². The van der Waals surface area contributed by atoms with Crippen molar-refractivity contribution in [3.8, 4) is 5.75 Å². The molecular weight excluding hydrogens is 258 g/mol. The normalized spacial score (nSPS) is 25.9. The van der Waals surface area contributed by atoms with Crippen LogP contribution in [-0.4, -0.2) is 17.7 Å².